The van der Waals surface area contributed by atoms with E-state index in [1.165, 1.54) is 12.1 Å². The molecule has 0 radical (unpaired) electrons. The van der Waals surface area contributed by atoms with Gasteiger partial charge in [0.2, 0.25) is 5.95 Å². The van der Waals surface area contributed by atoms with E-state index in [-0.39, 0.29) is 5.82 Å². The van der Waals surface area contributed by atoms with Gasteiger partial charge in [-0.1, -0.05) is 12.1 Å². The Balaban J connectivity index is 2.14. The van der Waals surface area contributed by atoms with Crippen molar-refractivity contribution in [3.8, 4) is 22.4 Å². The van der Waals surface area contributed by atoms with Crippen LogP contribution in [0.15, 0.2) is 55.0 Å². The lowest BCUT2D eigenvalue weighted by molar-refractivity contribution is 0.628. The largest absolute Gasteiger partial charge is 0.354 e. The molecule has 5 heteroatoms. The van der Waals surface area contributed by atoms with E-state index < -0.39 is 0 Å². The molecule has 0 aliphatic carbocycles. The van der Waals surface area contributed by atoms with E-state index in [2.05, 4.69) is 20.3 Å². The van der Waals surface area contributed by atoms with Crippen molar-refractivity contribution < 1.29 is 4.39 Å². The molecule has 22 heavy (non-hydrogen) atoms. The van der Waals surface area contributed by atoms with Crippen LogP contribution in [0.4, 0.5) is 10.3 Å². The number of benzene rings is 1. The van der Waals surface area contributed by atoms with Gasteiger partial charge < -0.3 is 5.32 Å². The molecule has 2 heterocycles. The van der Waals surface area contributed by atoms with E-state index in [0.717, 1.165) is 28.9 Å². The molecule has 0 fully saturated rings. The fraction of sp³-hybridized carbons (Fsp3) is 0.118. The monoisotopic (exact) mass is 294 g/mol. The second kappa shape index (κ2) is 6.30. The van der Waals surface area contributed by atoms with E-state index in [1.807, 2.05) is 19.1 Å². The quantitative estimate of drug-likeness (QED) is 0.795. The summed E-state index contributed by atoms with van der Waals surface area (Å²) >= 11 is 0. The maximum Gasteiger partial charge on any atom is 0.223 e. The molecule has 0 unspecified atom stereocenters. The van der Waals surface area contributed by atoms with Gasteiger partial charge in [0, 0.05) is 36.3 Å². The number of anilines is 1. The first kappa shape index (κ1) is 14.1. The summed E-state index contributed by atoms with van der Waals surface area (Å²) in [5.74, 6) is 0.305. The highest BCUT2D eigenvalue weighted by molar-refractivity contribution is 5.80. The molecule has 110 valence electrons. The van der Waals surface area contributed by atoms with Crippen molar-refractivity contribution in [1.29, 1.82) is 0 Å². The molecule has 3 aromatic rings. The van der Waals surface area contributed by atoms with Crippen molar-refractivity contribution in [3.63, 3.8) is 0 Å². The minimum Gasteiger partial charge on any atom is -0.354 e. The van der Waals surface area contributed by atoms with Gasteiger partial charge in [0.15, 0.2) is 0 Å². The Hall–Kier alpha value is -2.82. The Bertz CT molecular complexity index is 757. The Kier molecular flexibility index (Phi) is 4.05. The summed E-state index contributed by atoms with van der Waals surface area (Å²) in [6, 6.07) is 10.1. The third-order valence-electron chi connectivity index (χ3n) is 3.23. The first-order valence-corrected chi connectivity index (χ1v) is 7.05. The molecule has 1 aromatic carbocycles. The molecular formula is C17H15FN4. The number of nitrogens with one attached hydrogen (secondary N) is 1. The van der Waals surface area contributed by atoms with E-state index in [0.29, 0.717) is 5.95 Å². The fourth-order valence-electron chi connectivity index (χ4n) is 2.20. The van der Waals surface area contributed by atoms with Gasteiger partial charge in [0.05, 0.1) is 5.69 Å². The average molecular weight is 294 g/mol. The fourth-order valence-corrected chi connectivity index (χ4v) is 2.20. The van der Waals surface area contributed by atoms with Crippen LogP contribution in [0.1, 0.15) is 6.92 Å². The molecule has 2 aromatic heterocycles. The lowest BCUT2D eigenvalue weighted by Gasteiger charge is -2.11. The van der Waals surface area contributed by atoms with E-state index in [9.17, 15) is 4.39 Å². The molecule has 0 amide bonds. The molecule has 0 aliphatic heterocycles. The third kappa shape index (κ3) is 2.93. The highest BCUT2D eigenvalue weighted by atomic mass is 19.1. The topological polar surface area (TPSA) is 50.7 Å². The summed E-state index contributed by atoms with van der Waals surface area (Å²) < 4.78 is 13.1. The molecule has 1 N–H and O–H groups in total. The number of halogens is 1. The molecule has 0 spiro atoms. The van der Waals surface area contributed by atoms with Gasteiger partial charge in [-0.2, -0.15) is 0 Å². The average Bonchev–Trinajstić information content (AvgIpc) is 2.57. The van der Waals surface area contributed by atoms with Gasteiger partial charge in [-0.3, -0.25) is 4.98 Å². The number of rotatable bonds is 4. The Morgan fingerprint density at radius 2 is 1.73 bits per heavy atom. The van der Waals surface area contributed by atoms with Crippen LogP contribution in [0.5, 0.6) is 0 Å². The van der Waals surface area contributed by atoms with Crippen molar-refractivity contribution in [2.75, 3.05) is 11.9 Å². The first-order chi connectivity index (χ1) is 10.8. The second-order valence-electron chi connectivity index (χ2n) is 4.73. The summed E-state index contributed by atoms with van der Waals surface area (Å²) in [6.07, 6.45) is 5.20. The number of nitrogens with zero attached hydrogens (tertiary/aromatic N) is 3. The van der Waals surface area contributed by atoms with Crippen molar-refractivity contribution in [3.05, 3.63) is 60.8 Å². The number of hydrogen-bond donors (Lipinski definition) is 1. The van der Waals surface area contributed by atoms with Gasteiger partial charge in [0.1, 0.15) is 5.82 Å². The van der Waals surface area contributed by atoms with Gasteiger partial charge >= 0.3 is 0 Å². The Morgan fingerprint density at radius 1 is 1.00 bits per heavy atom. The molecular weight excluding hydrogens is 279 g/mol. The van der Waals surface area contributed by atoms with Crippen LogP contribution in [-0.2, 0) is 0 Å². The van der Waals surface area contributed by atoms with E-state index in [4.69, 9.17) is 0 Å². The Morgan fingerprint density at radius 3 is 2.41 bits per heavy atom. The minimum atomic E-state index is -0.264. The zero-order valence-corrected chi connectivity index (χ0v) is 12.1. The second-order valence-corrected chi connectivity index (χ2v) is 4.73. The molecule has 4 nitrogen and oxygen atoms in total. The maximum absolute atomic E-state index is 13.1. The normalized spacial score (nSPS) is 10.5. The standard InChI is InChI=1S/C17H15FN4/c1-2-20-17-21-11-15(12-3-5-14(18)6-4-12)16(22-17)13-7-9-19-10-8-13/h3-11H,2H2,1H3,(H,20,21,22). The van der Waals surface area contributed by atoms with Gasteiger partial charge in [-0.15, -0.1) is 0 Å². The summed E-state index contributed by atoms with van der Waals surface area (Å²) in [7, 11) is 0. The maximum atomic E-state index is 13.1. The Labute approximate surface area is 128 Å². The minimum absolute atomic E-state index is 0.264. The number of pyridine rings is 1. The molecule has 0 atom stereocenters. The van der Waals surface area contributed by atoms with Crippen LogP contribution in [0.25, 0.3) is 22.4 Å². The van der Waals surface area contributed by atoms with Gasteiger partial charge in [-0.05, 0) is 36.8 Å². The van der Waals surface area contributed by atoms with E-state index in [1.54, 1.807) is 30.7 Å². The summed E-state index contributed by atoms with van der Waals surface area (Å²) in [5, 5.41) is 3.11. The first-order valence-electron chi connectivity index (χ1n) is 7.05. The van der Waals surface area contributed by atoms with E-state index >= 15 is 0 Å². The predicted molar refractivity (Wildman–Crippen MR) is 84.8 cm³/mol. The lowest BCUT2D eigenvalue weighted by Crippen LogP contribution is -2.03. The van der Waals surface area contributed by atoms with Crippen molar-refractivity contribution >= 4 is 5.95 Å². The van der Waals surface area contributed by atoms with Crippen molar-refractivity contribution in [2.24, 2.45) is 0 Å². The van der Waals surface area contributed by atoms with Crippen LogP contribution in [0.2, 0.25) is 0 Å². The third-order valence-corrected chi connectivity index (χ3v) is 3.23. The molecule has 0 saturated heterocycles. The number of hydrogen-bond acceptors (Lipinski definition) is 4. The van der Waals surface area contributed by atoms with Crippen LogP contribution in [-0.4, -0.2) is 21.5 Å². The van der Waals surface area contributed by atoms with Gasteiger partial charge in [-0.25, -0.2) is 14.4 Å². The lowest BCUT2D eigenvalue weighted by atomic mass is 10.0. The van der Waals surface area contributed by atoms with Crippen LogP contribution in [0.3, 0.4) is 0 Å². The molecule has 3 rings (SSSR count). The molecule has 0 aliphatic rings. The summed E-state index contributed by atoms with van der Waals surface area (Å²) in [4.78, 5) is 12.9. The SMILES string of the molecule is CCNc1ncc(-c2ccc(F)cc2)c(-c2ccncc2)n1. The van der Waals surface area contributed by atoms with Crippen LogP contribution in [0, 0.1) is 5.82 Å². The van der Waals surface area contributed by atoms with Crippen molar-refractivity contribution in [1.82, 2.24) is 15.0 Å². The predicted octanol–water partition coefficient (Wildman–Crippen LogP) is 3.78. The van der Waals surface area contributed by atoms with Crippen LogP contribution >= 0.6 is 0 Å². The molecule has 0 saturated carbocycles. The highest BCUT2D eigenvalue weighted by Crippen LogP contribution is 2.30. The van der Waals surface area contributed by atoms with Crippen LogP contribution < -0.4 is 5.32 Å². The highest BCUT2D eigenvalue weighted by Gasteiger charge is 2.11. The number of aromatic nitrogens is 3. The zero-order valence-electron chi connectivity index (χ0n) is 12.1. The molecule has 0 bridgehead atoms. The smallest absolute Gasteiger partial charge is 0.223 e. The zero-order chi connectivity index (χ0) is 15.4. The summed E-state index contributed by atoms with van der Waals surface area (Å²) in [6.45, 7) is 2.73. The van der Waals surface area contributed by atoms with Gasteiger partial charge in [0.25, 0.3) is 0 Å². The van der Waals surface area contributed by atoms with Crippen molar-refractivity contribution in [2.45, 2.75) is 6.92 Å². The summed E-state index contributed by atoms with van der Waals surface area (Å²) in [5.41, 5.74) is 3.46.